The molecule has 2 rings (SSSR count). The molecule has 2 amide bonds. The van der Waals surface area contributed by atoms with E-state index >= 15 is 0 Å². The molecule has 122 valence electrons. The number of amides is 2. The molecule has 0 saturated heterocycles. The highest BCUT2D eigenvalue weighted by molar-refractivity contribution is 5.95. The number of carbonyl (C=O) groups is 2. The Bertz CT molecular complexity index is 754. The Kier molecular flexibility index (Phi) is 6.16. The van der Waals surface area contributed by atoms with E-state index in [2.05, 4.69) is 22.7 Å². The van der Waals surface area contributed by atoms with Gasteiger partial charge in [-0.3, -0.25) is 20.4 Å². The van der Waals surface area contributed by atoms with Crippen molar-refractivity contribution in [1.29, 1.82) is 0 Å². The first-order valence-corrected chi connectivity index (χ1v) is 7.81. The molecule has 0 aliphatic heterocycles. The third-order valence-corrected chi connectivity index (χ3v) is 3.18. The molecule has 0 aromatic heterocycles. The molecule has 0 heterocycles. The first kappa shape index (κ1) is 17.3. The van der Waals surface area contributed by atoms with Gasteiger partial charge in [0.15, 0.2) is 0 Å². The maximum Gasteiger partial charge on any atom is 0.269 e. The molecule has 4 nitrogen and oxygen atoms in total. The molecule has 0 aliphatic carbocycles. The van der Waals surface area contributed by atoms with Crippen LogP contribution in [0.2, 0.25) is 0 Å². The summed E-state index contributed by atoms with van der Waals surface area (Å²) in [5, 5.41) is 0. The molecule has 0 aliphatic rings. The van der Waals surface area contributed by atoms with Crippen molar-refractivity contribution in [2.24, 2.45) is 5.92 Å². The summed E-state index contributed by atoms with van der Waals surface area (Å²) >= 11 is 0. The number of carbonyl (C=O) groups excluding carboxylic acids is 2. The monoisotopic (exact) mass is 320 g/mol. The van der Waals surface area contributed by atoms with Crippen molar-refractivity contribution in [1.82, 2.24) is 10.9 Å². The zero-order valence-electron chi connectivity index (χ0n) is 13.8. The Morgan fingerprint density at radius 1 is 0.875 bits per heavy atom. The van der Waals surface area contributed by atoms with E-state index in [-0.39, 0.29) is 17.7 Å². The van der Waals surface area contributed by atoms with Crippen LogP contribution < -0.4 is 10.9 Å². The molecule has 0 radical (unpaired) electrons. The van der Waals surface area contributed by atoms with E-state index in [0.29, 0.717) is 12.0 Å². The number of rotatable bonds is 3. The first-order valence-electron chi connectivity index (χ1n) is 7.81. The Morgan fingerprint density at radius 3 is 2.04 bits per heavy atom. The Balaban J connectivity index is 1.93. The molecule has 24 heavy (non-hydrogen) atoms. The summed E-state index contributed by atoms with van der Waals surface area (Å²) in [6.45, 7) is 3.88. The van der Waals surface area contributed by atoms with Gasteiger partial charge in [-0.25, -0.2) is 0 Å². The fraction of sp³-hybridized carbons (Fsp3) is 0.200. The number of hydrogen-bond donors (Lipinski definition) is 2. The highest BCUT2D eigenvalue weighted by Gasteiger charge is 2.08. The van der Waals surface area contributed by atoms with E-state index in [4.69, 9.17) is 0 Å². The Labute approximate surface area is 142 Å². The van der Waals surface area contributed by atoms with Crippen LogP contribution >= 0.6 is 0 Å². The fourth-order valence-corrected chi connectivity index (χ4v) is 1.99. The zero-order valence-corrected chi connectivity index (χ0v) is 13.8. The van der Waals surface area contributed by atoms with Gasteiger partial charge in [-0.15, -0.1) is 0 Å². The number of benzene rings is 2. The van der Waals surface area contributed by atoms with E-state index in [1.54, 1.807) is 24.3 Å². The molecule has 0 atom stereocenters. The molecule has 2 N–H and O–H groups in total. The van der Waals surface area contributed by atoms with Gasteiger partial charge in [-0.1, -0.05) is 43.9 Å². The van der Waals surface area contributed by atoms with E-state index in [1.165, 1.54) is 0 Å². The molecule has 2 aromatic rings. The van der Waals surface area contributed by atoms with Gasteiger partial charge < -0.3 is 0 Å². The van der Waals surface area contributed by atoms with Crippen LogP contribution in [-0.2, 0) is 4.79 Å². The van der Waals surface area contributed by atoms with Crippen molar-refractivity contribution >= 4 is 11.8 Å². The molecule has 2 aromatic carbocycles. The lowest BCUT2D eigenvalue weighted by Gasteiger charge is -2.08. The van der Waals surface area contributed by atoms with Gasteiger partial charge in [0.05, 0.1) is 0 Å². The van der Waals surface area contributed by atoms with Gasteiger partial charge in [0, 0.05) is 23.1 Å². The SMILES string of the molecule is CC(C)CC(=O)NNC(=O)c1ccc(C#Cc2ccccc2)cc1. The van der Waals surface area contributed by atoms with Crippen LogP contribution in [0.3, 0.4) is 0 Å². The molecular weight excluding hydrogens is 300 g/mol. The predicted octanol–water partition coefficient (Wildman–Crippen LogP) is 2.89. The van der Waals surface area contributed by atoms with Crippen LogP contribution in [0.5, 0.6) is 0 Å². The van der Waals surface area contributed by atoms with E-state index in [0.717, 1.165) is 11.1 Å². The second-order valence-corrected chi connectivity index (χ2v) is 5.79. The summed E-state index contributed by atoms with van der Waals surface area (Å²) in [5.41, 5.74) is 7.03. The van der Waals surface area contributed by atoms with Crippen LogP contribution in [0.1, 0.15) is 41.8 Å². The highest BCUT2D eigenvalue weighted by atomic mass is 16.2. The van der Waals surface area contributed by atoms with E-state index in [9.17, 15) is 9.59 Å². The third kappa shape index (κ3) is 5.62. The minimum Gasteiger partial charge on any atom is -0.273 e. The lowest BCUT2D eigenvalue weighted by molar-refractivity contribution is -0.122. The lowest BCUT2D eigenvalue weighted by atomic mass is 10.1. The summed E-state index contributed by atoms with van der Waals surface area (Å²) in [6, 6.07) is 16.6. The van der Waals surface area contributed by atoms with Crippen LogP contribution in [-0.4, -0.2) is 11.8 Å². The van der Waals surface area contributed by atoms with Crippen molar-refractivity contribution in [3.63, 3.8) is 0 Å². The minimum absolute atomic E-state index is 0.205. The fourth-order valence-electron chi connectivity index (χ4n) is 1.99. The van der Waals surface area contributed by atoms with Gasteiger partial charge in [0.2, 0.25) is 5.91 Å². The average molecular weight is 320 g/mol. The van der Waals surface area contributed by atoms with Gasteiger partial charge in [0.1, 0.15) is 0 Å². The van der Waals surface area contributed by atoms with Crippen molar-refractivity contribution in [3.8, 4) is 11.8 Å². The van der Waals surface area contributed by atoms with Gasteiger partial charge >= 0.3 is 0 Å². The number of hydrogen-bond acceptors (Lipinski definition) is 2. The van der Waals surface area contributed by atoms with Gasteiger partial charge in [-0.05, 0) is 42.3 Å². The first-order chi connectivity index (χ1) is 11.5. The summed E-state index contributed by atoms with van der Waals surface area (Å²) in [4.78, 5) is 23.5. The quantitative estimate of drug-likeness (QED) is 0.675. The standard InChI is InChI=1S/C20H20N2O2/c1-15(2)14-19(23)21-22-20(24)18-12-10-17(11-13-18)9-8-16-6-4-3-5-7-16/h3-7,10-13,15H,14H2,1-2H3,(H,21,23)(H,22,24). The van der Waals surface area contributed by atoms with Crippen molar-refractivity contribution < 1.29 is 9.59 Å². The van der Waals surface area contributed by atoms with Crippen molar-refractivity contribution in [3.05, 3.63) is 71.3 Å². The topological polar surface area (TPSA) is 58.2 Å². The molecule has 0 bridgehead atoms. The lowest BCUT2D eigenvalue weighted by Crippen LogP contribution is -2.41. The molecule has 4 heteroatoms. The van der Waals surface area contributed by atoms with Gasteiger partial charge in [0.25, 0.3) is 5.91 Å². The Morgan fingerprint density at radius 2 is 1.46 bits per heavy atom. The molecule has 0 unspecified atom stereocenters. The normalized spacial score (nSPS) is 9.79. The van der Waals surface area contributed by atoms with Crippen LogP contribution in [0.4, 0.5) is 0 Å². The molecular formula is C20H20N2O2. The van der Waals surface area contributed by atoms with Crippen molar-refractivity contribution in [2.45, 2.75) is 20.3 Å². The summed E-state index contributed by atoms with van der Waals surface area (Å²) < 4.78 is 0. The third-order valence-electron chi connectivity index (χ3n) is 3.18. The number of nitrogens with one attached hydrogen (secondary N) is 2. The van der Waals surface area contributed by atoms with Crippen molar-refractivity contribution in [2.75, 3.05) is 0 Å². The summed E-state index contributed by atoms with van der Waals surface area (Å²) in [5.74, 6) is 5.79. The second kappa shape index (κ2) is 8.54. The number of hydrazine groups is 1. The van der Waals surface area contributed by atoms with E-state index in [1.807, 2.05) is 44.2 Å². The average Bonchev–Trinajstić information content (AvgIpc) is 2.58. The largest absolute Gasteiger partial charge is 0.273 e. The highest BCUT2D eigenvalue weighted by Crippen LogP contribution is 2.04. The maximum absolute atomic E-state index is 12.0. The molecule has 0 spiro atoms. The smallest absolute Gasteiger partial charge is 0.269 e. The van der Waals surface area contributed by atoms with Crippen LogP contribution in [0.25, 0.3) is 0 Å². The predicted molar refractivity (Wildman–Crippen MR) is 93.9 cm³/mol. The second-order valence-electron chi connectivity index (χ2n) is 5.79. The Hall–Kier alpha value is -3.06. The van der Waals surface area contributed by atoms with Crippen LogP contribution in [0.15, 0.2) is 54.6 Å². The van der Waals surface area contributed by atoms with Gasteiger partial charge in [-0.2, -0.15) is 0 Å². The maximum atomic E-state index is 12.0. The zero-order chi connectivity index (χ0) is 17.4. The summed E-state index contributed by atoms with van der Waals surface area (Å²) in [6.07, 6.45) is 0.369. The molecule has 0 fully saturated rings. The minimum atomic E-state index is -0.352. The van der Waals surface area contributed by atoms with Crippen LogP contribution in [0, 0.1) is 17.8 Å². The molecule has 0 saturated carbocycles. The van der Waals surface area contributed by atoms with E-state index < -0.39 is 0 Å². The summed E-state index contributed by atoms with van der Waals surface area (Å²) in [7, 11) is 0.